The van der Waals surface area contributed by atoms with E-state index in [0.717, 1.165) is 5.56 Å². The van der Waals surface area contributed by atoms with Crippen LogP contribution in [0.5, 0.6) is 17.2 Å². The summed E-state index contributed by atoms with van der Waals surface area (Å²) in [6.07, 6.45) is -0.868. The van der Waals surface area contributed by atoms with Crippen molar-refractivity contribution in [2.75, 3.05) is 21.3 Å². The average Bonchev–Trinajstić information content (AvgIpc) is 2.70. The summed E-state index contributed by atoms with van der Waals surface area (Å²) in [6, 6.07) is 9.27. The van der Waals surface area contributed by atoms with E-state index in [4.69, 9.17) is 18.9 Å². The van der Waals surface area contributed by atoms with Crippen molar-refractivity contribution < 1.29 is 33.6 Å². The third-order valence-electron chi connectivity index (χ3n) is 4.09. The molecule has 2 aromatic rings. The molecule has 0 aliphatic heterocycles. The van der Waals surface area contributed by atoms with Crippen LogP contribution in [-0.4, -0.2) is 38.5 Å². The van der Waals surface area contributed by atoms with Gasteiger partial charge in [0.1, 0.15) is 6.61 Å². The molecule has 1 amide bonds. The second kappa shape index (κ2) is 9.50. The predicted molar refractivity (Wildman–Crippen MR) is 101 cm³/mol. The van der Waals surface area contributed by atoms with Crippen molar-refractivity contribution >= 4 is 12.1 Å². The van der Waals surface area contributed by atoms with E-state index in [9.17, 15) is 14.7 Å². The number of hydrogen-bond donors (Lipinski definition) is 2. The van der Waals surface area contributed by atoms with Crippen LogP contribution in [-0.2, 0) is 16.1 Å². The molecule has 0 fully saturated rings. The first kappa shape index (κ1) is 20.9. The summed E-state index contributed by atoms with van der Waals surface area (Å²) in [7, 11) is 4.26. The lowest BCUT2D eigenvalue weighted by atomic mass is 9.98. The van der Waals surface area contributed by atoms with Crippen molar-refractivity contribution in [3.8, 4) is 17.2 Å². The Hall–Kier alpha value is -3.42. The summed E-state index contributed by atoms with van der Waals surface area (Å²) in [5.74, 6) is -0.493. The van der Waals surface area contributed by atoms with Crippen LogP contribution in [0.15, 0.2) is 36.4 Å². The number of carbonyl (C=O) groups is 2. The second-order valence-electron chi connectivity index (χ2n) is 5.85. The Morgan fingerprint density at radius 3 is 2.21 bits per heavy atom. The van der Waals surface area contributed by atoms with Gasteiger partial charge in [0, 0.05) is 5.56 Å². The van der Waals surface area contributed by atoms with Gasteiger partial charge >= 0.3 is 12.1 Å². The van der Waals surface area contributed by atoms with Crippen LogP contribution >= 0.6 is 0 Å². The number of alkyl carbamates (subject to hydrolysis) is 1. The molecule has 0 aliphatic carbocycles. The molecule has 0 aliphatic rings. The molecule has 0 spiro atoms. The molecule has 150 valence electrons. The first-order valence-electron chi connectivity index (χ1n) is 8.42. The van der Waals surface area contributed by atoms with Gasteiger partial charge in [-0.3, -0.25) is 0 Å². The zero-order valence-corrected chi connectivity index (χ0v) is 16.1. The molecular formula is C20H23NO7. The predicted octanol–water partition coefficient (Wildman–Crippen LogP) is 3.07. The van der Waals surface area contributed by atoms with Crippen LogP contribution in [0.4, 0.5) is 4.79 Å². The highest BCUT2D eigenvalue weighted by molar-refractivity contribution is 5.83. The topological polar surface area (TPSA) is 103 Å². The van der Waals surface area contributed by atoms with Crippen LogP contribution in [0, 0.1) is 6.92 Å². The molecule has 0 aromatic heterocycles. The van der Waals surface area contributed by atoms with Gasteiger partial charge in [-0.2, -0.15) is 0 Å². The summed E-state index contributed by atoms with van der Waals surface area (Å²) < 4.78 is 21.1. The summed E-state index contributed by atoms with van der Waals surface area (Å²) >= 11 is 0. The number of carbonyl (C=O) groups excluding carboxylic acids is 1. The van der Waals surface area contributed by atoms with Crippen LogP contribution in [0.25, 0.3) is 0 Å². The molecule has 28 heavy (non-hydrogen) atoms. The largest absolute Gasteiger partial charge is 0.493 e. The van der Waals surface area contributed by atoms with Gasteiger partial charge in [-0.25, -0.2) is 9.59 Å². The van der Waals surface area contributed by atoms with Crippen molar-refractivity contribution in [2.45, 2.75) is 19.6 Å². The maximum atomic E-state index is 12.2. The minimum absolute atomic E-state index is 0.0149. The van der Waals surface area contributed by atoms with Gasteiger partial charge in [0.15, 0.2) is 17.5 Å². The first-order valence-corrected chi connectivity index (χ1v) is 8.42. The fraction of sp³-hybridized carbons (Fsp3) is 0.300. The van der Waals surface area contributed by atoms with Gasteiger partial charge in [-0.1, -0.05) is 30.3 Å². The van der Waals surface area contributed by atoms with Crippen molar-refractivity contribution in [3.63, 3.8) is 0 Å². The van der Waals surface area contributed by atoms with E-state index in [1.165, 1.54) is 21.3 Å². The number of methoxy groups -OCH3 is 3. The number of benzene rings is 2. The molecule has 0 bridgehead atoms. The summed E-state index contributed by atoms with van der Waals surface area (Å²) in [5, 5.41) is 12.1. The smallest absolute Gasteiger partial charge is 0.408 e. The van der Waals surface area contributed by atoms with Crippen LogP contribution in [0.2, 0.25) is 0 Å². The minimum Gasteiger partial charge on any atom is -0.493 e. The van der Waals surface area contributed by atoms with Gasteiger partial charge in [0.2, 0.25) is 5.75 Å². The Balaban J connectivity index is 2.30. The van der Waals surface area contributed by atoms with Crippen molar-refractivity contribution in [3.05, 3.63) is 53.1 Å². The molecule has 8 heteroatoms. The minimum atomic E-state index is -1.40. The van der Waals surface area contributed by atoms with E-state index in [2.05, 4.69) is 5.32 Å². The summed E-state index contributed by atoms with van der Waals surface area (Å²) in [5.41, 5.74) is 1.57. The number of aliphatic carboxylic acids is 1. The molecule has 8 nitrogen and oxygen atoms in total. The van der Waals surface area contributed by atoms with E-state index in [0.29, 0.717) is 11.3 Å². The fourth-order valence-corrected chi connectivity index (χ4v) is 2.80. The van der Waals surface area contributed by atoms with Crippen molar-refractivity contribution in [1.29, 1.82) is 0 Å². The SMILES string of the molecule is COc1cc(C)c([C@@H](NC(=O)OCc2ccccc2)C(=O)O)c(OC)c1OC. The maximum Gasteiger partial charge on any atom is 0.408 e. The van der Waals surface area contributed by atoms with Crippen LogP contribution < -0.4 is 19.5 Å². The highest BCUT2D eigenvalue weighted by Crippen LogP contribution is 2.44. The third-order valence-corrected chi connectivity index (χ3v) is 4.09. The number of amides is 1. The Morgan fingerprint density at radius 1 is 1.04 bits per heavy atom. The zero-order chi connectivity index (χ0) is 20.7. The number of carboxylic acid groups (broad SMARTS) is 1. The zero-order valence-electron chi connectivity index (χ0n) is 16.1. The quantitative estimate of drug-likeness (QED) is 0.715. The lowest BCUT2D eigenvalue weighted by Crippen LogP contribution is -2.35. The molecule has 0 heterocycles. The number of nitrogens with one attached hydrogen (secondary N) is 1. The molecule has 2 N–H and O–H groups in total. The number of hydrogen-bond acceptors (Lipinski definition) is 6. The molecule has 2 rings (SSSR count). The lowest BCUT2D eigenvalue weighted by molar-refractivity contribution is -0.139. The van der Waals surface area contributed by atoms with Gasteiger partial charge in [-0.05, 0) is 24.1 Å². The van der Waals surface area contributed by atoms with Gasteiger partial charge in [0.05, 0.1) is 21.3 Å². The standard InChI is InChI=1S/C20H23NO7/c1-12-10-14(25-2)17(26-3)18(27-4)15(12)16(19(22)23)21-20(24)28-11-13-8-6-5-7-9-13/h5-10,16H,11H2,1-4H3,(H,21,24)(H,22,23)/t16-/m1/s1. The molecule has 0 saturated heterocycles. The number of ether oxygens (including phenoxy) is 4. The van der Waals surface area contributed by atoms with Crippen LogP contribution in [0.1, 0.15) is 22.7 Å². The summed E-state index contributed by atoms with van der Waals surface area (Å²) in [6.45, 7) is 1.70. The Morgan fingerprint density at radius 2 is 1.68 bits per heavy atom. The number of rotatable bonds is 8. The van der Waals surface area contributed by atoms with E-state index >= 15 is 0 Å². The van der Waals surface area contributed by atoms with Gasteiger partial charge < -0.3 is 29.4 Å². The highest BCUT2D eigenvalue weighted by Gasteiger charge is 2.31. The summed E-state index contributed by atoms with van der Waals surface area (Å²) in [4.78, 5) is 24.1. The lowest BCUT2D eigenvalue weighted by Gasteiger charge is -2.22. The monoisotopic (exact) mass is 389 g/mol. The van der Waals surface area contributed by atoms with E-state index in [-0.39, 0.29) is 23.7 Å². The van der Waals surface area contributed by atoms with Crippen molar-refractivity contribution in [1.82, 2.24) is 5.32 Å². The molecule has 2 aromatic carbocycles. The number of carboxylic acids is 1. The van der Waals surface area contributed by atoms with E-state index in [1.54, 1.807) is 25.1 Å². The normalized spacial score (nSPS) is 11.3. The van der Waals surface area contributed by atoms with Gasteiger partial charge in [-0.15, -0.1) is 0 Å². The average molecular weight is 389 g/mol. The van der Waals surface area contributed by atoms with Crippen molar-refractivity contribution in [2.24, 2.45) is 0 Å². The van der Waals surface area contributed by atoms with E-state index in [1.807, 2.05) is 18.2 Å². The first-order chi connectivity index (χ1) is 13.4. The number of aryl methyl sites for hydroxylation is 1. The highest BCUT2D eigenvalue weighted by atomic mass is 16.5. The molecule has 0 unspecified atom stereocenters. The van der Waals surface area contributed by atoms with Gasteiger partial charge in [0.25, 0.3) is 0 Å². The Bertz CT molecular complexity index is 836. The second-order valence-corrected chi connectivity index (χ2v) is 5.85. The third kappa shape index (κ3) is 4.64. The molecule has 0 radical (unpaired) electrons. The Labute approximate surface area is 163 Å². The molecule has 1 atom stereocenters. The van der Waals surface area contributed by atoms with Crippen LogP contribution in [0.3, 0.4) is 0 Å². The molecule has 0 saturated carbocycles. The fourth-order valence-electron chi connectivity index (χ4n) is 2.80. The van der Waals surface area contributed by atoms with E-state index < -0.39 is 18.1 Å². The molecular weight excluding hydrogens is 366 g/mol. The maximum absolute atomic E-state index is 12.2. The Kier molecular flexibility index (Phi) is 7.08.